The molecule has 0 radical (unpaired) electrons. The summed E-state index contributed by atoms with van der Waals surface area (Å²) >= 11 is 3.30. The molecule has 3 heterocycles. The fourth-order valence-electron chi connectivity index (χ4n) is 3.59. The summed E-state index contributed by atoms with van der Waals surface area (Å²) in [6, 6.07) is 3.24. The lowest BCUT2D eigenvalue weighted by atomic mass is 9.99. The Morgan fingerprint density at radius 2 is 2.07 bits per heavy atom. The highest BCUT2D eigenvalue weighted by molar-refractivity contribution is 9.10. The number of halogens is 4. The number of ether oxygens (including phenoxy) is 4. The average Bonchev–Trinajstić information content (AvgIpc) is 3.17. The van der Waals surface area contributed by atoms with Gasteiger partial charge in [0, 0.05) is 16.6 Å². The molecule has 3 aliphatic heterocycles. The van der Waals surface area contributed by atoms with Crippen molar-refractivity contribution < 1.29 is 36.9 Å². The van der Waals surface area contributed by atoms with E-state index < -0.39 is 36.0 Å². The Morgan fingerprint density at radius 1 is 1.30 bits per heavy atom. The SMILES string of the molecule is Cc1cc(Br)cc2c1OC(C(F)(F)F)C(C(=O)OC1COC3CCOC31)=C2. The molecule has 1 aromatic rings. The molecular weight excluding hydrogens is 433 g/mol. The van der Waals surface area contributed by atoms with Crippen LogP contribution >= 0.6 is 15.9 Å². The van der Waals surface area contributed by atoms with Crippen LogP contribution in [-0.4, -0.2) is 49.8 Å². The van der Waals surface area contributed by atoms with Crippen LogP contribution in [0.2, 0.25) is 0 Å². The van der Waals surface area contributed by atoms with Gasteiger partial charge in [-0.3, -0.25) is 0 Å². The highest BCUT2D eigenvalue weighted by Crippen LogP contribution is 2.41. The molecule has 0 aliphatic carbocycles. The van der Waals surface area contributed by atoms with E-state index in [2.05, 4.69) is 15.9 Å². The third kappa shape index (κ3) is 3.48. The molecule has 0 amide bonds. The molecule has 2 fully saturated rings. The van der Waals surface area contributed by atoms with Crippen molar-refractivity contribution in [3.05, 3.63) is 33.3 Å². The van der Waals surface area contributed by atoms with Crippen LogP contribution in [0.15, 0.2) is 22.2 Å². The van der Waals surface area contributed by atoms with E-state index in [1.54, 1.807) is 19.1 Å². The van der Waals surface area contributed by atoms with E-state index in [-0.39, 0.29) is 18.5 Å². The quantitative estimate of drug-likeness (QED) is 0.647. The van der Waals surface area contributed by atoms with Crippen LogP contribution in [0, 0.1) is 6.92 Å². The zero-order chi connectivity index (χ0) is 19.3. The van der Waals surface area contributed by atoms with E-state index in [0.29, 0.717) is 28.6 Å². The Bertz CT molecular complexity index is 807. The molecule has 4 atom stereocenters. The Morgan fingerprint density at radius 3 is 2.81 bits per heavy atom. The summed E-state index contributed by atoms with van der Waals surface area (Å²) in [6.45, 7) is 2.22. The molecule has 3 aliphatic rings. The molecule has 0 aromatic heterocycles. The number of aryl methyl sites for hydroxylation is 1. The fourth-order valence-corrected chi connectivity index (χ4v) is 4.18. The summed E-state index contributed by atoms with van der Waals surface area (Å²) in [6.07, 6.45) is -6.65. The van der Waals surface area contributed by atoms with E-state index in [1.165, 1.54) is 6.08 Å². The van der Waals surface area contributed by atoms with Crippen LogP contribution in [0.1, 0.15) is 17.5 Å². The highest BCUT2D eigenvalue weighted by atomic mass is 79.9. The van der Waals surface area contributed by atoms with Gasteiger partial charge in [-0.05, 0) is 37.1 Å². The van der Waals surface area contributed by atoms with E-state index >= 15 is 0 Å². The molecule has 9 heteroatoms. The number of hydrogen-bond acceptors (Lipinski definition) is 5. The van der Waals surface area contributed by atoms with Gasteiger partial charge in [0.25, 0.3) is 0 Å². The molecular formula is C18H16BrF3O5. The molecule has 27 heavy (non-hydrogen) atoms. The second-order valence-electron chi connectivity index (χ2n) is 6.72. The van der Waals surface area contributed by atoms with Crippen LogP contribution in [0.5, 0.6) is 5.75 Å². The van der Waals surface area contributed by atoms with Crippen LogP contribution in [-0.2, 0) is 19.0 Å². The molecule has 0 spiro atoms. The minimum absolute atomic E-state index is 0.0977. The van der Waals surface area contributed by atoms with Crippen molar-refractivity contribution >= 4 is 28.0 Å². The van der Waals surface area contributed by atoms with E-state index in [0.717, 1.165) is 0 Å². The summed E-state index contributed by atoms with van der Waals surface area (Å²) < 4.78 is 62.8. The van der Waals surface area contributed by atoms with E-state index in [4.69, 9.17) is 18.9 Å². The minimum Gasteiger partial charge on any atom is -0.475 e. The number of rotatable bonds is 2. The standard InChI is InChI=1S/C18H16BrF3O5/c1-8-4-10(19)5-9-6-11(16(18(20,21)22)27-14(8)9)17(23)26-13-7-25-12-2-3-24-15(12)13/h4-6,12-13,15-16H,2-3,7H2,1H3. The van der Waals surface area contributed by atoms with Gasteiger partial charge in [-0.15, -0.1) is 0 Å². The normalized spacial score (nSPS) is 29.6. The maximum atomic E-state index is 13.6. The van der Waals surface area contributed by atoms with Crippen LogP contribution in [0.4, 0.5) is 13.2 Å². The first-order valence-corrected chi connectivity index (χ1v) is 9.22. The van der Waals surface area contributed by atoms with Crippen molar-refractivity contribution in [1.82, 2.24) is 0 Å². The van der Waals surface area contributed by atoms with E-state index in [1.807, 2.05) is 0 Å². The lowest BCUT2D eigenvalue weighted by Gasteiger charge is -2.29. The molecule has 2 saturated heterocycles. The average molecular weight is 449 g/mol. The maximum Gasteiger partial charge on any atom is 0.430 e. The highest BCUT2D eigenvalue weighted by Gasteiger charge is 2.51. The summed E-state index contributed by atoms with van der Waals surface area (Å²) in [4.78, 5) is 12.6. The molecule has 5 nitrogen and oxygen atoms in total. The molecule has 0 N–H and O–H groups in total. The zero-order valence-corrected chi connectivity index (χ0v) is 15.8. The van der Waals surface area contributed by atoms with Crippen molar-refractivity contribution in [2.24, 2.45) is 0 Å². The third-order valence-corrected chi connectivity index (χ3v) is 5.27. The van der Waals surface area contributed by atoms with Crippen molar-refractivity contribution in [1.29, 1.82) is 0 Å². The van der Waals surface area contributed by atoms with Gasteiger partial charge in [0.1, 0.15) is 11.9 Å². The maximum absolute atomic E-state index is 13.6. The number of carbonyl (C=O) groups excluding carboxylic acids is 1. The lowest BCUT2D eigenvalue weighted by molar-refractivity contribution is -0.189. The smallest absolute Gasteiger partial charge is 0.430 e. The summed E-state index contributed by atoms with van der Waals surface area (Å²) in [5, 5.41) is 0. The topological polar surface area (TPSA) is 54.0 Å². The van der Waals surface area contributed by atoms with Gasteiger partial charge in [-0.1, -0.05) is 15.9 Å². The minimum atomic E-state index is -4.76. The molecule has 4 rings (SSSR count). The molecule has 146 valence electrons. The molecule has 1 aromatic carbocycles. The number of fused-ring (bicyclic) bond motifs is 2. The predicted octanol–water partition coefficient (Wildman–Crippen LogP) is 3.56. The second-order valence-corrected chi connectivity index (χ2v) is 7.64. The van der Waals surface area contributed by atoms with Crippen molar-refractivity contribution in [3.8, 4) is 5.75 Å². The summed E-state index contributed by atoms with van der Waals surface area (Å²) in [7, 11) is 0. The molecule has 4 unspecified atom stereocenters. The molecule has 0 saturated carbocycles. The number of hydrogen-bond donors (Lipinski definition) is 0. The fraction of sp³-hybridized carbons (Fsp3) is 0.500. The van der Waals surface area contributed by atoms with Crippen molar-refractivity contribution in [2.75, 3.05) is 13.2 Å². The summed E-state index contributed by atoms with van der Waals surface area (Å²) in [5.41, 5.74) is 0.324. The zero-order valence-electron chi connectivity index (χ0n) is 14.2. The first-order valence-electron chi connectivity index (χ1n) is 8.43. The van der Waals surface area contributed by atoms with Gasteiger partial charge >= 0.3 is 12.1 Å². The molecule has 0 bridgehead atoms. The Balaban J connectivity index is 1.64. The van der Waals surface area contributed by atoms with E-state index in [9.17, 15) is 18.0 Å². The second kappa shape index (κ2) is 6.79. The number of benzene rings is 1. The lowest BCUT2D eigenvalue weighted by Crippen LogP contribution is -2.42. The third-order valence-electron chi connectivity index (χ3n) is 4.81. The van der Waals surface area contributed by atoms with Gasteiger partial charge in [0.15, 0.2) is 6.10 Å². The van der Waals surface area contributed by atoms with Gasteiger partial charge < -0.3 is 18.9 Å². The van der Waals surface area contributed by atoms with Crippen molar-refractivity contribution in [2.45, 2.75) is 43.9 Å². The van der Waals surface area contributed by atoms with Gasteiger partial charge in [-0.2, -0.15) is 13.2 Å². The number of carbonyl (C=O) groups is 1. The Kier molecular flexibility index (Phi) is 4.72. The first-order chi connectivity index (χ1) is 12.7. The van der Waals surface area contributed by atoms with Gasteiger partial charge in [0.2, 0.25) is 6.10 Å². The summed E-state index contributed by atoms with van der Waals surface area (Å²) in [5.74, 6) is -0.981. The van der Waals surface area contributed by atoms with Gasteiger partial charge in [-0.25, -0.2) is 4.79 Å². The monoisotopic (exact) mass is 448 g/mol. The van der Waals surface area contributed by atoms with Crippen LogP contribution < -0.4 is 4.74 Å². The van der Waals surface area contributed by atoms with Crippen LogP contribution in [0.3, 0.4) is 0 Å². The first kappa shape index (κ1) is 18.8. The van der Waals surface area contributed by atoms with Crippen LogP contribution in [0.25, 0.3) is 6.08 Å². The van der Waals surface area contributed by atoms with Gasteiger partial charge in [0.05, 0.1) is 18.3 Å². The number of esters is 1. The number of alkyl halides is 3. The Hall–Kier alpha value is -1.58. The Labute approximate surface area is 161 Å². The predicted molar refractivity (Wildman–Crippen MR) is 91.3 cm³/mol. The largest absolute Gasteiger partial charge is 0.475 e. The van der Waals surface area contributed by atoms with Crippen molar-refractivity contribution in [3.63, 3.8) is 0 Å².